The van der Waals surface area contributed by atoms with Gasteiger partial charge >= 0.3 is 0 Å². The van der Waals surface area contributed by atoms with Gasteiger partial charge in [0, 0.05) is 12.7 Å². The zero-order valence-electron chi connectivity index (χ0n) is 11.2. The molecule has 0 spiro atoms. The van der Waals surface area contributed by atoms with Crippen molar-refractivity contribution in [1.82, 2.24) is 9.55 Å². The van der Waals surface area contributed by atoms with Crippen molar-refractivity contribution in [3.05, 3.63) is 41.3 Å². The summed E-state index contributed by atoms with van der Waals surface area (Å²) in [6.45, 7) is 7.72. The van der Waals surface area contributed by atoms with Gasteiger partial charge in [0.2, 0.25) is 0 Å². The van der Waals surface area contributed by atoms with Crippen LogP contribution < -0.4 is 0 Å². The monoisotopic (exact) mass is 260 g/mol. The second-order valence-corrected chi connectivity index (χ2v) is 6.19. The largest absolute Gasteiger partial charge is 0.337 e. The smallest absolute Gasteiger partial charge is 0.177 e. The highest BCUT2D eigenvalue weighted by molar-refractivity contribution is 7.71. The molecule has 1 aromatic heterocycles. The van der Waals surface area contributed by atoms with Crippen LogP contribution in [-0.2, 0) is 6.54 Å². The van der Waals surface area contributed by atoms with Crippen molar-refractivity contribution in [3.63, 3.8) is 0 Å². The van der Waals surface area contributed by atoms with E-state index in [2.05, 4.69) is 54.6 Å². The first kappa shape index (κ1) is 13.1. The quantitative estimate of drug-likeness (QED) is 0.797. The van der Waals surface area contributed by atoms with Crippen molar-refractivity contribution in [3.8, 4) is 11.3 Å². The lowest BCUT2D eigenvalue weighted by Gasteiger charge is -2.19. The van der Waals surface area contributed by atoms with Crippen molar-refractivity contribution >= 4 is 12.2 Å². The molecule has 3 heteroatoms. The highest BCUT2D eigenvalue weighted by Crippen LogP contribution is 2.24. The van der Waals surface area contributed by atoms with Gasteiger partial charge in [-0.1, -0.05) is 51.1 Å². The molecule has 18 heavy (non-hydrogen) atoms. The number of nitrogens with zero attached hydrogens (tertiary/aromatic N) is 1. The number of H-pyrrole nitrogens is 1. The fourth-order valence-electron chi connectivity index (χ4n) is 1.91. The lowest BCUT2D eigenvalue weighted by molar-refractivity contribution is 0.350. The Labute approximate surface area is 114 Å². The summed E-state index contributed by atoms with van der Waals surface area (Å²) in [5.41, 5.74) is 2.70. The molecule has 2 nitrogen and oxygen atoms in total. The third-order valence-corrected chi connectivity index (χ3v) is 3.36. The number of aromatic nitrogens is 2. The van der Waals surface area contributed by atoms with E-state index >= 15 is 0 Å². The molecule has 0 radical (unpaired) electrons. The Morgan fingerprint density at radius 3 is 2.44 bits per heavy atom. The summed E-state index contributed by atoms with van der Waals surface area (Å²) in [7, 11) is 0. The summed E-state index contributed by atoms with van der Waals surface area (Å²) in [5.74, 6) is 0. The number of nitrogens with one attached hydrogen (secondary N) is 1. The highest BCUT2D eigenvalue weighted by Gasteiger charge is 2.12. The van der Waals surface area contributed by atoms with E-state index in [4.69, 9.17) is 12.2 Å². The van der Waals surface area contributed by atoms with Crippen LogP contribution in [0.5, 0.6) is 0 Å². The van der Waals surface area contributed by atoms with Gasteiger partial charge in [-0.05, 0) is 29.6 Å². The van der Waals surface area contributed by atoms with Crippen LogP contribution in [0.25, 0.3) is 11.3 Å². The summed E-state index contributed by atoms with van der Waals surface area (Å²) in [4.78, 5) is 3.15. The standard InChI is InChI=1S/C15H20N2S/c1-15(2,3)9-10-17-13(11-16-14(17)18)12-7-5-4-6-8-12/h4-8,11H,9-10H2,1-3H3,(H,16,18). The van der Waals surface area contributed by atoms with Crippen LogP contribution in [-0.4, -0.2) is 9.55 Å². The maximum Gasteiger partial charge on any atom is 0.177 e. The fourth-order valence-corrected chi connectivity index (χ4v) is 2.16. The van der Waals surface area contributed by atoms with Gasteiger partial charge in [-0.15, -0.1) is 0 Å². The number of rotatable bonds is 3. The molecule has 1 aromatic carbocycles. The number of aromatic amines is 1. The molecule has 0 bridgehead atoms. The van der Waals surface area contributed by atoms with Crippen LogP contribution in [0.4, 0.5) is 0 Å². The predicted molar refractivity (Wildman–Crippen MR) is 79.1 cm³/mol. The van der Waals surface area contributed by atoms with E-state index in [9.17, 15) is 0 Å². The van der Waals surface area contributed by atoms with Crippen LogP contribution in [0, 0.1) is 10.2 Å². The summed E-state index contributed by atoms with van der Waals surface area (Å²) in [5, 5.41) is 0. The van der Waals surface area contributed by atoms with Crippen molar-refractivity contribution in [1.29, 1.82) is 0 Å². The van der Waals surface area contributed by atoms with Gasteiger partial charge in [-0.3, -0.25) is 0 Å². The van der Waals surface area contributed by atoms with E-state index in [-0.39, 0.29) is 0 Å². The highest BCUT2D eigenvalue weighted by atomic mass is 32.1. The van der Waals surface area contributed by atoms with Gasteiger partial charge in [0.05, 0.1) is 5.69 Å². The van der Waals surface area contributed by atoms with Crippen molar-refractivity contribution in [2.24, 2.45) is 5.41 Å². The first-order valence-electron chi connectivity index (χ1n) is 6.31. The molecule has 0 saturated heterocycles. The van der Waals surface area contributed by atoms with E-state index in [0.29, 0.717) is 5.41 Å². The fraction of sp³-hybridized carbons (Fsp3) is 0.400. The normalized spacial score (nSPS) is 11.7. The molecule has 0 aliphatic rings. The van der Waals surface area contributed by atoms with Crippen molar-refractivity contribution in [2.45, 2.75) is 33.7 Å². The molecule has 0 unspecified atom stereocenters. The molecule has 96 valence electrons. The lowest BCUT2D eigenvalue weighted by Crippen LogP contribution is -2.11. The number of hydrogen-bond donors (Lipinski definition) is 1. The van der Waals surface area contributed by atoms with Gasteiger partial charge in [-0.25, -0.2) is 0 Å². The Morgan fingerprint density at radius 1 is 1.17 bits per heavy atom. The van der Waals surface area contributed by atoms with Crippen LogP contribution in [0.2, 0.25) is 0 Å². The SMILES string of the molecule is CC(C)(C)CCn1c(-c2ccccc2)c[nH]c1=S. The molecule has 0 aliphatic carbocycles. The Kier molecular flexibility index (Phi) is 3.71. The third kappa shape index (κ3) is 3.10. The molecule has 1 N–H and O–H groups in total. The predicted octanol–water partition coefficient (Wildman–Crippen LogP) is 4.65. The lowest BCUT2D eigenvalue weighted by atomic mass is 9.92. The number of benzene rings is 1. The first-order valence-corrected chi connectivity index (χ1v) is 6.72. The summed E-state index contributed by atoms with van der Waals surface area (Å²) in [6.07, 6.45) is 3.11. The van der Waals surface area contributed by atoms with E-state index in [1.165, 1.54) is 11.3 Å². The maximum absolute atomic E-state index is 5.37. The molecule has 0 fully saturated rings. The average molecular weight is 260 g/mol. The topological polar surface area (TPSA) is 20.7 Å². The van der Waals surface area contributed by atoms with Gasteiger partial charge < -0.3 is 9.55 Å². The van der Waals surface area contributed by atoms with E-state index in [1.54, 1.807) is 0 Å². The maximum atomic E-state index is 5.37. The zero-order chi connectivity index (χ0) is 13.2. The second kappa shape index (κ2) is 5.11. The van der Waals surface area contributed by atoms with Crippen molar-refractivity contribution in [2.75, 3.05) is 0 Å². The van der Waals surface area contributed by atoms with Crippen LogP contribution >= 0.6 is 12.2 Å². The molecule has 0 atom stereocenters. The number of hydrogen-bond acceptors (Lipinski definition) is 1. The van der Waals surface area contributed by atoms with Gasteiger partial charge in [-0.2, -0.15) is 0 Å². The summed E-state index contributed by atoms with van der Waals surface area (Å²) in [6, 6.07) is 10.4. The third-order valence-electron chi connectivity index (χ3n) is 3.02. The van der Waals surface area contributed by atoms with E-state index < -0.39 is 0 Å². The van der Waals surface area contributed by atoms with E-state index in [0.717, 1.165) is 17.7 Å². The summed E-state index contributed by atoms with van der Waals surface area (Å²) >= 11 is 5.37. The Hall–Kier alpha value is -1.35. The minimum atomic E-state index is 0.319. The minimum Gasteiger partial charge on any atom is -0.337 e. The molecule has 0 amide bonds. The van der Waals surface area contributed by atoms with Crippen molar-refractivity contribution < 1.29 is 0 Å². The van der Waals surface area contributed by atoms with Gasteiger partial charge in [0.25, 0.3) is 0 Å². The zero-order valence-corrected chi connectivity index (χ0v) is 12.1. The minimum absolute atomic E-state index is 0.319. The van der Waals surface area contributed by atoms with E-state index in [1.807, 2.05) is 12.3 Å². The molecule has 0 aliphatic heterocycles. The van der Waals surface area contributed by atoms with Gasteiger partial charge in [0.1, 0.15) is 0 Å². The summed E-state index contributed by atoms with van der Waals surface area (Å²) < 4.78 is 2.99. The Bertz CT molecular complexity index is 558. The van der Waals surface area contributed by atoms with Gasteiger partial charge in [0.15, 0.2) is 4.77 Å². The molecule has 2 aromatic rings. The van der Waals surface area contributed by atoms with Crippen LogP contribution in [0.3, 0.4) is 0 Å². The van der Waals surface area contributed by atoms with Crippen LogP contribution in [0.15, 0.2) is 36.5 Å². The Balaban J connectivity index is 2.31. The molecule has 0 saturated carbocycles. The Morgan fingerprint density at radius 2 is 1.83 bits per heavy atom. The molecule has 1 heterocycles. The average Bonchev–Trinajstić information content (AvgIpc) is 2.68. The first-order chi connectivity index (χ1) is 8.47. The molecular formula is C15H20N2S. The van der Waals surface area contributed by atoms with Crippen LogP contribution in [0.1, 0.15) is 27.2 Å². The molecular weight excluding hydrogens is 240 g/mol. The number of imidazole rings is 1. The molecule has 2 rings (SSSR count). The second-order valence-electron chi connectivity index (χ2n) is 5.81.